The summed E-state index contributed by atoms with van der Waals surface area (Å²) in [5, 5.41) is 12.4. The van der Waals surface area contributed by atoms with Gasteiger partial charge in [0.2, 0.25) is 0 Å². The standard InChI is InChI=1S/C21H23NO3/c1-25-18-7-2-15(3-8-18)12-13-22-20-10-6-17-14-16(4-9-19(17)20)5-11-21(23)24/h2-5,7-9,11,14,20,22H,6,10,12-13H2,1H3,(H,23,24)/b11-5+. The minimum Gasteiger partial charge on any atom is -0.497 e. The van der Waals surface area contributed by atoms with Crippen molar-refractivity contribution < 1.29 is 14.6 Å². The molecule has 0 fully saturated rings. The highest BCUT2D eigenvalue weighted by Crippen LogP contribution is 2.32. The summed E-state index contributed by atoms with van der Waals surface area (Å²) in [6, 6.07) is 14.8. The fourth-order valence-corrected chi connectivity index (χ4v) is 3.30. The van der Waals surface area contributed by atoms with Gasteiger partial charge in [-0.15, -0.1) is 0 Å². The van der Waals surface area contributed by atoms with Gasteiger partial charge < -0.3 is 15.2 Å². The number of ether oxygens (including phenoxy) is 1. The molecule has 0 radical (unpaired) electrons. The molecule has 0 spiro atoms. The van der Waals surface area contributed by atoms with Gasteiger partial charge in [-0.2, -0.15) is 0 Å². The number of nitrogens with one attached hydrogen (secondary N) is 1. The largest absolute Gasteiger partial charge is 0.497 e. The maximum atomic E-state index is 10.6. The van der Waals surface area contributed by atoms with E-state index in [-0.39, 0.29) is 0 Å². The molecule has 4 nitrogen and oxygen atoms in total. The second kappa shape index (κ2) is 7.99. The predicted octanol–water partition coefficient (Wildman–Crippen LogP) is 3.61. The zero-order valence-corrected chi connectivity index (χ0v) is 14.4. The van der Waals surface area contributed by atoms with Crippen molar-refractivity contribution in [2.45, 2.75) is 25.3 Å². The molecule has 130 valence electrons. The van der Waals surface area contributed by atoms with Crippen LogP contribution in [0.4, 0.5) is 0 Å². The van der Waals surface area contributed by atoms with Gasteiger partial charge in [-0.1, -0.05) is 30.3 Å². The third-order valence-corrected chi connectivity index (χ3v) is 4.63. The quantitative estimate of drug-likeness (QED) is 0.758. The summed E-state index contributed by atoms with van der Waals surface area (Å²) < 4.78 is 5.18. The molecule has 0 aliphatic heterocycles. The lowest BCUT2D eigenvalue weighted by atomic mass is 10.0. The van der Waals surface area contributed by atoms with E-state index in [0.29, 0.717) is 6.04 Å². The molecule has 0 amide bonds. The number of aryl methyl sites for hydroxylation is 1. The van der Waals surface area contributed by atoms with Gasteiger partial charge >= 0.3 is 5.97 Å². The van der Waals surface area contributed by atoms with Gasteiger partial charge in [0, 0.05) is 12.1 Å². The molecule has 25 heavy (non-hydrogen) atoms. The van der Waals surface area contributed by atoms with Gasteiger partial charge in [0.1, 0.15) is 5.75 Å². The Labute approximate surface area is 148 Å². The first-order chi connectivity index (χ1) is 12.2. The summed E-state index contributed by atoms with van der Waals surface area (Å²) in [6.07, 6.45) is 5.93. The van der Waals surface area contributed by atoms with Gasteiger partial charge in [-0.05, 0) is 66.3 Å². The summed E-state index contributed by atoms with van der Waals surface area (Å²) in [5.41, 5.74) is 4.89. The Hall–Kier alpha value is -2.59. The average Bonchev–Trinajstić information content (AvgIpc) is 3.03. The van der Waals surface area contributed by atoms with E-state index in [4.69, 9.17) is 9.84 Å². The van der Waals surface area contributed by atoms with Crippen LogP contribution in [0.5, 0.6) is 5.75 Å². The van der Waals surface area contributed by atoms with Crippen molar-refractivity contribution in [3.05, 3.63) is 70.8 Å². The molecule has 2 aromatic carbocycles. The fraction of sp³-hybridized carbons (Fsp3) is 0.286. The van der Waals surface area contributed by atoms with Crippen LogP contribution < -0.4 is 10.1 Å². The zero-order chi connectivity index (χ0) is 17.6. The Morgan fingerprint density at radius 3 is 2.80 bits per heavy atom. The number of carbonyl (C=O) groups is 1. The topological polar surface area (TPSA) is 58.6 Å². The second-order valence-electron chi connectivity index (χ2n) is 6.27. The van der Waals surface area contributed by atoms with Gasteiger partial charge in [-0.25, -0.2) is 4.79 Å². The third kappa shape index (κ3) is 4.48. The van der Waals surface area contributed by atoms with Gasteiger partial charge in [0.15, 0.2) is 0 Å². The van der Waals surface area contributed by atoms with E-state index in [9.17, 15) is 4.79 Å². The highest BCUT2D eigenvalue weighted by molar-refractivity contribution is 5.85. The van der Waals surface area contributed by atoms with E-state index in [1.54, 1.807) is 13.2 Å². The lowest BCUT2D eigenvalue weighted by Gasteiger charge is -2.14. The van der Waals surface area contributed by atoms with Crippen molar-refractivity contribution in [3.8, 4) is 5.75 Å². The molecule has 2 N–H and O–H groups in total. The van der Waals surface area contributed by atoms with Crippen LogP contribution in [0.3, 0.4) is 0 Å². The van der Waals surface area contributed by atoms with Crippen molar-refractivity contribution >= 4 is 12.0 Å². The molecule has 0 saturated carbocycles. The zero-order valence-electron chi connectivity index (χ0n) is 14.4. The molecule has 0 saturated heterocycles. The van der Waals surface area contributed by atoms with Crippen LogP contribution in [0, 0.1) is 0 Å². The predicted molar refractivity (Wildman–Crippen MR) is 98.9 cm³/mol. The Kier molecular flexibility index (Phi) is 5.51. The second-order valence-corrected chi connectivity index (χ2v) is 6.27. The lowest BCUT2D eigenvalue weighted by molar-refractivity contribution is -0.131. The number of hydrogen-bond donors (Lipinski definition) is 2. The van der Waals surface area contributed by atoms with Crippen LogP contribution in [-0.4, -0.2) is 24.7 Å². The monoisotopic (exact) mass is 337 g/mol. The molecular formula is C21H23NO3. The maximum Gasteiger partial charge on any atom is 0.328 e. The smallest absolute Gasteiger partial charge is 0.328 e. The van der Waals surface area contributed by atoms with Crippen molar-refractivity contribution in [2.24, 2.45) is 0 Å². The molecule has 2 aromatic rings. The first kappa shape index (κ1) is 17.2. The number of rotatable bonds is 7. The summed E-state index contributed by atoms with van der Waals surface area (Å²) >= 11 is 0. The summed E-state index contributed by atoms with van der Waals surface area (Å²) in [5.74, 6) is -0.0345. The van der Waals surface area contributed by atoms with E-state index in [0.717, 1.165) is 37.1 Å². The van der Waals surface area contributed by atoms with Crippen LogP contribution in [0.1, 0.15) is 34.7 Å². The molecule has 1 unspecified atom stereocenters. The van der Waals surface area contributed by atoms with E-state index >= 15 is 0 Å². The van der Waals surface area contributed by atoms with Crippen LogP contribution >= 0.6 is 0 Å². The molecular weight excluding hydrogens is 314 g/mol. The van der Waals surface area contributed by atoms with E-state index < -0.39 is 5.97 Å². The normalized spacial score (nSPS) is 16.1. The third-order valence-electron chi connectivity index (χ3n) is 4.63. The number of fused-ring (bicyclic) bond motifs is 1. The molecule has 0 heterocycles. The first-order valence-corrected chi connectivity index (χ1v) is 8.56. The number of hydrogen-bond acceptors (Lipinski definition) is 3. The number of aliphatic carboxylic acids is 1. The molecule has 1 aliphatic carbocycles. The maximum absolute atomic E-state index is 10.6. The summed E-state index contributed by atoms with van der Waals surface area (Å²) in [7, 11) is 1.68. The fourth-order valence-electron chi connectivity index (χ4n) is 3.30. The highest BCUT2D eigenvalue weighted by atomic mass is 16.5. The molecule has 4 heteroatoms. The van der Waals surface area contributed by atoms with Gasteiger partial charge in [0.25, 0.3) is 0 Å². The Morgan fingerprint density at radius 2 is 2.08 bits per heavy atom. The molecule has 1 atom stereocenters. The van der Waals surface area contributed by atoms with Crippen molar-refractivity contribution in [2.75, 3.05) is 13.7 Å². The molecule has 0 bridgehead atoms. The SMILES string of the molecule is COc1ccc(CCNC2CCc3cc(/C=C/C(=O)O)ccc32)cc1. The van der Waals surface area contributed by atoms with E-state index in [2.05, 4.69) is 29.6 Å². The average molecular weight is 337 g/mol. The van der Waals surface area contributed by atoms with E-state index in [1.165, 1.54) is 22.8 Å². The number of carboxylic acids is 1. The minimum atomic E-state index is -0.918. The van der Waals surface area contributed by atoms with Crippen LogP contribution in [-0.2, 0) is 17.6 Å². The molecule has 3 rings (SSSR count). The molecule has 1 aliphatic rings. The number of carboxylic acid groups (broad SMARTS) is 1. The first-order valence-electron chi connectivity index (χ1n) is 8.56. The minimum absolute atomic E-state index is 0.380. The molecule has 0 aromatic heterocycles. The Bertz CT molecular complexity index is 765. The highest BCUT2D eigenvalue weighted by Gasteiger charge is 2.21. The van der Waals surface area contributed by atoms with Gasteiger partial charge in [0.05, 0.1) is 7.11 Å². The summed E-state index contributed by atoms with van der Waals surface area (Å²) in [6.45, 7) is 0.928. The number of methoxy groups -OCH3 is 1. The van der Waals surface area contributed by atoms with Gasteiger partial charge in [-0.3, -0.25) is 0 Å². The van der Waals surface area contributed by atoms with Crippen LogP contribution in [0.15, 0.2) is 48.5 Å². The van der Waals surface area contributed by atoms with Crippen LogP contribution in [0.2, 0.25) is 0 Å². The Morgan fingerprint density at radius 1 is 1.28 bits per heavy atom. The lowest BCUT2D eigenvalue weighted by Crippen LogP contribution is -2.21. The van der Waals surface area contributed by atoms with E-state index in [1.807, 2.05) is 18.2 Å². The van der Waals surface area contributed by atoms with Crippen molar-refractivity contribution in [3.63, 3.8) is 0 Å². The van der Waals surface area contributed by atoms with Crippen molar-refractivity contribution in [1.82, 2.24) is 5.32 Å². The van der Waals surface area contributed by atoms with Crippen molar-refractivity contribution in [1.29, 1.82) is 0 Å². The number of benzene rings is 2. The Balaban J connectivity index is 1.56. The van der Waals surface area contributed by atoms with Crippen LogP contribution in [0.25, 0.3) is 6.08 Å². The summed E-state index contributed by atoms with van der Waals surface area (Å²) in [4.78, 5) is 10.6.